The van der Waals surface area contributed by atoms with Crippen molar-refractivity contribution in [1.29, 1.82) is 0 Å². The highest BCUT2D eigenvalue weighted by Crippen LogP contribution is 2.34. The van der Waals surface area contributed by atoms with Gasteiger partial charge in [0.1, 0.15) is 0 Å². The van der Waals surface area contributed by atoms with Crippen LogP contribution in [0.4, 0.5) is 0 Å². The first-order valence-corrected chi connectivity index (χ1v) is 7.51. The average Bonchev–Trinajstić information content (AvgIpc) is 2.50. The second-order valence-corrected chi connectivity index (χ2v) is 6.00. The molecule has 104 valence electrons. The Kier molecular flexibility index (Phi) is 4.89. The van der Waals surface area contributed by atoms with E-state index in [0.29, 0.717) is 18.3 Å². The van der Waals surface area contributed by atoms with Crippen LogP contribution in [0.25, 0.3) is 0 Å². The van der Waals surface area contributed by atoms with Gasteiger partial charge in [-0.2, -0.15) is 8.42 Å². The summed E-state index contributed by atoms with van der Waals surface area (Å²) >= 11 is 0. The third-order valence-corrected chi connectivity index (χ3v) is 3.23. The summed E-state index contributed by atoms with van der Waals surface area (Å²) in [6.07, 6.45) is 6.07. The minimum Gasteiger partial charge on any atom is -0.466 e. The summed E-state index contributed by atoms with van der Waals surface area (Å²) in [5.41, 5.74) is 0.860. The SMILES string of the molecule is COC(=O)C1=CCC2CC[C@H]1N2C.CS(=O)(=O)O. The van der Waals surface area contributed by atoms with Gasteiger partial charge in [0, 0.05) is 12.1 Å². The summed E-state index contributed by atoms with van der Waals surface area (Å²) < 4.78 is 30.6. The normalized spacial score (nSPS) is 27.0. The summed E-state index contributed by atoms with van der Waals surface area (Å²) in [6.45, 7) is 0. The van der Waals surface area contributed by atoms with Crippen LogP contribution in [-0.2, 0) is 19.6 Å². The number of carbonyl (C=O) groups is 1. The number of methoxy groups -OCH3 is 1. The zero-order valence-electron chi connectivity index (χ0n) is 10.8. The van der Waals surface area contributed by atoms with E-state index in [2.05, 4.69) is 11.9 Å². The number of carbonyl (C=O) groups excluding carboxylic acids is 1. The predicted octanol–water partition coefficient (Wildman–Crippen LogP) is 0.456. The predicted molar refractivity (Wildman–Crippen MR) is 66.8 cm³/mol. The van der Waals surface area contributed by atoms with Crippen molar-refractivity contribution in [1.82, 2.24) is 4.90 Å². The topological polar surface area (TPSA) is 83.9 Å². The van der Waals surface area contributed by atoms with E-state index in [0.717, 1.165) is 18.4 Å². The molecule has 1 saturated heterocycles. The summed E-state index contributed by atoms with van der Waals surface area (Å²) in [5.74, 6) is -0.155. The number of likely N-dealkylation sites (N-methyl/N-ethyl adjacent to an activating group) is 1. The molecule has 0 aromatic carbocycles. The van der Waals surface area contributed by atoms with Gasteiger partial charge in [-0.05, 0) is 26.3 Å². The number of hydrogen-bond donors (Lipinski definition) is 1. The van der Waals surface area contributed by atoms with Crippen molar-refractivity contribution < 1.29 is 22.5 Å². The third-order valence-electron chi connectivity index (χ3n) is 3.23. The van der Waals surface area contributed by atoms with Crippen LogP contribution in [0.3, 0.4) is 0 Å². The summed E-state index contributed by atoms with van der Waals surface area (Å²) in [5, 5.41) is 0. The summed E-state index contributed by atoms with van der Waals surface area (Å²) in [7, 11) is -0.123. The van der Waals surface area contributed by atoms with Crippen LogP contribution in [0.5, 0.6) is 0 Å². The van der Waals surface area contributed by atoms with Crippen LogP contribution in [0.2, 0.25) is 0 Å². The first-order chi connectivity index (χ1) is 8.24. The Labute approximate surface area is 107 Å². The maximum Gasteiger partial charge on any atom is 0.335 e. The van der Waals surface area contributed by atoms with Crippen LogP contribution in [0.1, 0.15) is 19.3 Å². The quantitative estimate of drug-likeness (QED) is 0.553. The van der Waals surface area contributed by atoms with Gasteiger partial charge in [-0.15, -0.1) is 0 Å². The van der Waals surface area contributed by atoms with E-state index in [1.54, 1.807) is 0 Å². The van der Waals surface area contributed by atoms with E-state index in [1.165, 1.54) is 13.5 Å². The number of ether oxygens (including phenoxy) is 1. The third kappa shape index (κ3) is 4.08. The van der Waals surface area contributed by atoms with Gasteiger partial charge in [0.2, 0.25) is 0 Å². The Bertz CT molecular complexity index is 434. The Hall–Kier alpha value is -0.920. The van der Waals surface area contributed by atoms with Gasteiger partial charge < -0.3 is 4.74 Å². The number of esters is 1. The first kappa shape index (κ1) is 15.1. The molecule has 2 rings (SSSR count). The number of rotatable bonds is 1. The van der Waals surface area contributed by atoms with Gasteiger partial charge >= 0.3 is 5.97 Å². The maximum absolute atomic E-state index is 11.4. The van der Waals surface area contributed by atoms with E-state index in [9.17, 15) is 13.2 Å². The molecule has 0 amide bonds. The molecule has 0 aliphatic carbocycles. The fourth-order valence-electron chi connectivity index (χ4n) is 2.41. The lowest BCUT2D eigenvalue weighted by atomic mass is 10.0. The Morgan fingerprint density at radius 1 is 1.50 bits per heavy atom. The highest BCUT2D eigenvalue weighted by molar-refractivity contribution is 7.85. The van der Waals surface area contributed by atoms with Crippen LogP contribution in [0, 0.1) is 0 Å². The van der Waals surface area contributed by atoms with Gasteiger partial charge in [-0.25, -0.2) is 4.79 Å². The molecule has 0 spiro atoms. The molecule has 6 nitrogen and oxygen atoms in total. The second-order valence-electron chi connectivity index (χ2n) is 4.53. The van der Waals surface area contributed by atoms with Crippen LogP contribution in [0.15, 0.2) is 11.6 Å². The molecule has 2 atom stereocenters. The molecule has 2 aliphatic heterocycles. The van der Waals surface area contributed by atoms with Gasteiger partial charge in [-0.3, -0.25) is 9.45 Å². The summed E-state index contributed by atoms with van der Waals surface area (Å²) in [4.78, 5) is 13.7. The highest BCUT2D eigenvalue weighted by atomic mass is 32.2. The standard InChI is InChI=1S/C10H15NO2.CH4O3S/c1-11-7-3-5-8(10(12)13-2)9(11)6-4-7;1-5(2,3)4/h5,7,9H,3-4,6H2,1-2H3;1H3,(H,2,3,4)/t7?,9-;/m1./s1. The van der Waals surface area contributed by atoms with Crippen LogP contribution >= 0.6 is 0 Å². The smallest absolute Gasteiger partial charge is 0.335 e. The zero-order chi connectivity index (χ0) is 13.9. The lowest BCUT2D eigenvalue weighted by Gasteiger charge is -2.30. The van der Waals surface area contributed by atoms with Crippen LogP contribution < -0.4 is 0 Å². The van der Waals surface area contributed by atoms with Crippen molar-refractivity contribution in [3.05, 3.63) is 11.6 Å². The van der Waals surface area contributed by atoms with E-state index in [-0.39, 0.29) is 5.97 Å². The van der Waals surface area contributed by atoms with Crippen molar-refractivity contribution in [2.45, 2.75) is 31.3 Å². The molecule has 2 bridgehead atoms. The molecule has 0 aromatic rings. The molecule has 18 heavy (non-hydrogen) atoms. The maximum atomic E-state index is 11.4. The number of fused-ring (bicyclic) bond motifs is 2. The molecular formula is C11H19NO5S. The van der Waals surface area contributed by atoms with Crippen molar-refractivity contribution in [3.63, 3.8) is 0 Å². The molecule has 0 radical (unpaired) electrons. The lowest BCUT2D eigenvalue weighted by molar-refractivity contribution is -0.136. The van der Waals surface area contributed by atoms with Gasteiger partial charge in [-0.1, -0.05) is 6.08 Å². The fraction of sp³-hybridized carbons (Fsp3) is 0.727. The average molecular weight is 277 g/mol. The second kappa shape index (κ2) is 5.81. The Morgan fingerprint density at radius 2 is 2.06 bits per heavy atom. The van der Waals surface area contributed by atoms with Gasteiger partial charge in [0.15, 0.2) is 0 Å². The minimum atomic E-state index is -3.67. The van der Waals surface area contributed by atoms with Gasteiger partial charge in [0.05, 0.1) is 18.9 Å². The molecule has 0 saturated carbocycles. The molecule has 0 aromatic heterocycles. The largest absolute Gasteiger partial charge is 0.466 e. The van der Waals surface area contributed by atoms with Crippen molar-refractivity contribution in [2.24, 2.45) is 0 Å². The highest BCUT2D eigenvalue weighted by Gasteiger charge is 2.38. The van der Waals surface area contributed by atoms with Crippen molar-refractivity contribution in [3.8, 4) is 0 Å². The van der Waals surface area contributed by atoms with Crippen molar-refractivity contribution >= 4 is 16.1 Å². The zero-order valence-corrected chi connectivity index (χ0v) is 11.6. The molecule has 7 heteroatoms. The van der Waals surface area contributed by atoms with E-state index < -0.39 is 10.1 Å². The molecule has 2 aliphatic rings. The Balaban J connectivity index is 0.000000280. The molecule has 1 N–H and O–H groups in total. The fourth-order valence-corrected chi connectivity index (χ4v) is 2.41. The van der Waals surface area contributed by atoms with Crippen LogP contribution in [-0.4, -0.2) is 56.3 Å². The monoisotopic (exact) mass is 277 g/mol. The molecule has 1 unspecified atom stereocenters. The number of nitrogens with zero attached hydrogens (tertiary/aromatic N) is 1. The molecule has 2 heterocycles. The minimum absolute atomic E-state index is 0.155. The van der Waals surface area contributed by atoms with E-state index >= 15 is 0 Å². The summed E-state index contributed by atoms with van der Waals surface area (Å²) in [6, 6.07) is 0.963. The van der Waals surface area contributed by atoms with E-state index in [1.807, 2.05) is 6.08 Å². The van der Waals surface area contributed by atoms with E-state index in [4.69, 9.17) is 9.29 Å². The Morgan fingerprint density at radius 3 is 2.56 bits per heavy atom. The first-order valence-electron chi connectivity index (χ1n) is 5.66. The molecule has 1 fully saturated rings. The lowest BCUT2D eigenvalue weighted by Crippen LogP contribution is -2.38. The molecular weight excluding hydrogens is 258 g/mol. The van der Waals surface area contributed by atoms with Gasteiger partial charge in [0.25, 0.3) is 10.1 Å². The number of hydrogen-bond acceptors (Lipinski definition) is 5. The van der Waals surface area contributed by atoms with Crippen molar-refractivity contribution in [2.75, 3.05) is 20.4 Å².